The third-order valence-electron chi connectivity index (χ3n) is 1.95. The number of rotatable bonds is 5. The first kappa shape index (κ1) is 12.0. The third kappa shape index (κ3) is 4.00. The summed E-state index contributed by atoms with van der Waals surface area (Å²) in [7, 11) is 0. The van der Waals surface area contributed by atoms with Crippen LogP contribution in [0.5, 0.6) is 5.75 Å². The lowest BCUT2D eigenvalue weighted by Crippen LogP contribution is -2.06. The minimum Gasteiger partial charge on any atom is -0.487 e. The van der Waals surface area contributed by atoms with E-state index in [1.54, 1.807) is 30.3 Å². The molecule has 1 N–H and O–H groups in total. The predicted molar refractivity (Wildman–Crippen MR) is 63.4 cm³/mol. The first-order chi connectivity index (χ1) is 7.61. The maximum absolute atomic E-state index is 10.3. The molecular weight excluding hydrogens is 204 g/mol. The molecule has 3 nitrogen and oxygen atoms in total. The second-order valence-electron chi connectivity index (χ2n) is 3.30. The lowest BCUT2D eigenvalue weighted by atomic mass is 10.2. The third-order valence-corrected chi connectivity index (χ3v) is 1.95. The second-order valence-corrected chi connectivity index (χ2v) is 3.30. The number of aliphatic carboxylic acids is 1. The van der Waals surface area contributed by atoms with Gasteiger partial charge in [0.15, 0.2) is 0 Å². The van der Waals surface area contributed by atoms with Gasteiger partial charge in [-0.25, -0.2) is 4.79 Å². The molecule has 1 aromatic carbocycles. The fourth-order valence-electron chi connectivity index (χ4n) is 1.09. The van der Waals surface area contributed by atoms with E-state index in [4.69, 9.17) is 9.84 Å². The first-order valence-corrected chi connectivity index (χ1v) is 4.92. The number of hydrogen-bond acceptors (Lipinski definition) is 2. The van der Waals surface area contributed by atoms with E-state index in [2.05, 4.69) is 6.58 Å². The van der Waals surface area contributed by atoms with Gasteiger partial charge in [0, 0.05) is 6.08 Å². The molecule has 0 aromatic heterocycles. The van der Waals surface area contributed by atoms with Crippen molar-refractivity contribution in [2.45, 2.75) is 13.0 Å². The van der Waals surface area contributed by atoms with Gasteiger partial charge in [0.25, 0.3) is 0 Å². The Morgan fingerprint density at radius 1 is 1.44 bits per heavy atom. The molecule has 0 heterocycles. The Morgan fingerprint density at radius 3 is 2.56 bits per heavy atom. The van der Waals surface area contributed by atoms with Gasteiger partial charge in [0.2, 0.25) is 0 Å². The fraction of sp³-hybridized carbons (Fsp3) is 0.154. The van der Waals surface area contributed by atoms with E-state index in [1.165, 1.54) is 6.08 Å². The van der Waals surface area contributed by atoms with Crippen LogP contribution in [0.4, 0.5) is 0 Å². The highest BCUT2D eigenvalue weighted by molar-refractivity contribution is 5.85. The molecule has 1 aromatic rings. The summed E-state index contributed by atoms with van der Waals surface area (Å²) in [5, 5.41) is 8.46. The highest BCUT2D eigenvalue weighted by Gasteiger charge is 1.98. The van der Waals surface area contributed by atoms with Crippen LogP contribution in [0.15, 0.2) is 43.0 Å². The molecule has 0 saturated heterocycles. The van der Waals surface area contributed by atoms with Crippen LogP contribution in [0.3, 0.4) is 0 Å². The van der Waals surface area contributed by atoms with E-state index < -0.39 is 5.97 Å². The van der Waals surface area contributed by atoms with Crippen molar-refractivity contribution in [3.8, 4) is 5.75 Å². The summed E-state index contributed by atoms with van der Waals surface area (Å²) in [6, 6.07) is 7.18. The molecule has 0 aliphatic carbocycles. The molecule has 0 saturated carbocycles. The molecule has 84 valence electrons. The molecule has 0 fully saturated rings. The average molecular weight is 218 g/mol. The van der Waals surface area contributed by atoms with Crippen molar-refractivity contribution in [1.29, 1.82) is 0 Å². The predicted octanol–water partition coefficient (Wildman–Crippen LogP) is 2.74. The summed E-state index contributed by atoms with van der Waals surface area (Å²) < 4.78 is 5.49. The zero-order valence-electron chi connectivity index (χ0n) is 9.09. The van der Waals surface area contributed by atoms with Crippen LogP contribution in [0, 0.1) is 0 Å². The molecule has 0 aliphatic heterocycles. The number of benzene rings is 1. The molecule has 0 spiro atoms. The Kier molecular flexibility index (Phi) is 4.33. The van der Waals surface area contributed by atoms with E-state index >= 15 is 0 Å². The zero-order chi connectivity index (χ0) is 12.0. The van der Waals surface area contributed by atoms with Crippen LogP contribution < -0.4 is 4.74 Å². The average Bonchev–Trinajstić information content (AvgIpc) is 2.28. The van der Waals surface area contributed by atoms with E-state index in [-0.39, 0.29) is 6.10 Å². The van der Waals surface area contributed by atoms with Crippen LogP contribution in [0.1, 0.15) is 12.5 Å². The minimum absolute atomic E-state index is 0.0413. The molecule has 1 unspecified atom stereocenters. The summed E-state index contributed by atoms with van der Waals surface area (Å²) in [4.78, 5) is 10.3. The highest BCUT2D eigenvalue weighted by Crippen LogP contribution is 2.14. The van der Waals surface area contributed by atoms with Crippen LogP contribution in [0.2, 0.25) is 0 Å². The van der Waals surface area contributed by atoms with Crippen molar-refractivity contribution in [1.82, 2.24) is 0 Å². The number of ether oxygens (including phenoxy) is 1. The summed E-state index contributed by atoms with van der Waals surface area (Å²) in [6.07, 6.45) is 4.30. The van der Waals surface area contributed by atoms with E-state index in [1.807, 2.05) is 6.92 Å². The van der Waals surface area contributed by atoms with Crippen molar-refractivity contribution in [3.05, 3.63) is 48.6 Å². The van der Waals surface area contributed by atoms with Crippen molar-refractivity contribution >= 4 is 12.0 Å². The molecule has 3 heteroatoms. The Labute approximate surface area is 94.7 Å². The van der Waals surface area contributed by atoms with Crippen LogP contribution in [-0.2, 0) is 4.79 Å². The standard InChI is InChI=1S/C13H14O3/c1-3-10(2)16-12-7-4-11(5-8-12)6-9-13(14)15/h3-10H,1H2,2H3,(H,14,15). The zero-order valence-corrected chi connectivity index (χ0v) is 9.09. The van der Waals surface area contributed by atoms with Crippen molar-refractivity contribution in [3.63, 3.8) is 0 Å². The summed E-state index contributed by atoms with van der Waals surface area (Å²) in [6.45, 7) is 5.52. The van der Waals surface area contributed by atoms with Gasteiger partial charge in [-0.1, -0.05) is 24.8 Å². The highest BCUT2D eigenvalue weighted by atomic mass is 16.5. The van der Waals surface area contributed by atoms with Gasteiger partial charge in [-0.2, -0.15) is 0 Å². The molecule has 0 bridgehead atoms. The molecule has 1 rings (SSSR count). The second kappa shape index (κ2) is 5.75. The normalized spacial score (nSPS) is 12.3. The molecule has 0 aliphatic rings. The fourth-order valence-corrected chi connectivity index (χ4v) is 1.09. The number of carbonyl (C=O) groups is 1. The molecule has 1 atom stereocenters. The quantitative estimate of drug-likeness (QED) is 0.610. The number of carboxylic acid groups (broad SMARTS) is 1. The molecule has 16 heavy (non-hydrogen) atoms. The number of hydrogen-bond donors (Lipinski definition) is 1. The van der Waals surface area contributed by atoms with E-state index in [0.717, 1.165) is 17.4 Å². The van der Waals surface area contributed by atoms with Gasteiger partial charge in [0.05, 0.1) is 0 Å². The first-order valence-electron chi connectivity index (χ1n) is 4.92. The topological polar surface area (TPSA) is 46.5 Å². The lowest BCUT2D eigenvalue weighted by Gasteiger charge is -2.10. The van der Waals surface area contributed by atoms with Gasteiger partial charge in [-0.05, 0) is 30.7 Å². The van der Waals surface area contributed by atoms with Gasteiger partial charge < -0.3 is 9.84 Å². The van der Waals surface area contributed by atoms with Crippen molar-refractivity contribution in [2.75, 3.05) is 0 Å². The van der Waals surface area contributed by atoms with Crippen LogP contribution in [0.25, 0.3) is 6.08 Å². The van der Waals surface area contributed by atoms with Crippen LogP contribution in [-0.4, -0.2) is 17.2 Å². The minimum atomic E-state index is -0.958. The number of carboxylic acids is 1. The van der Waals surface area contributed by atoms with E-state index in [0.29, 0.717) is 0 Å². The Hall–Kier alpha value is -2.03. The van der Waals surface area contributed by atoms with Gasteiger partial charge in [-0.15, -0.1) is 0 Å². The maximum Gasteiger partial charge on any atom is 0.328 e. The van der Waals surface area contributed by atoms with Crippen molar-refractivity contribution < 1.29 is 14.6 Å². The maximum atomic E-state index is 10.3. The molecular formula is C13H14O3. The summed E-state index contributed by atoms with van der Waals surface area (Å²) >= 11 is 0. The largest absolute Gasteiger partial charge is 0.487 e. The summed E-state index contributed by atoms with van der Waals surface area (Å²) in [5.41, 5.74) is 0.820. The van der Waals surface area contributed by atoms with Gasteiger partial charge >= 0.3 is 5.97 Å². The molecule has 0 amide bonds. The van der Waals surface area contributed by atoms with Gasteiger partial charge in [0.1, 0.15) is 11.9 Å². The van der Waals surface area contributed by atoms with Gasteiger partial charge in [-0.3, -0.25) is 0 Å². The SMILES string of the molecule is C=CC(C)Oc1ccc(C=CC(=O)O)cc1. The molecule has 0 radical (unpaired) electrons. The van der Waals surface area contributed by atoms with Crippen LogP contribution >= 0.6 is 0 Å². The monoisotopic (exact) mass is 218 g/mol. The Morgan fingerprint density at radius 2 is 2.06 bits per heavy atom. The Balaban J connectivity index is 2.67. The van der Waals surface area contributed by atoms with Crippen molar-refractivity contribution in [2.24, 2.45) is 0 Å². The summed E-state index contributed by atoms with van der Waals surface area (Å²) in [5.74, 6) is -0.222. The smallest absolute Gasteiger partial charge is 0.328 e. The Bertz CT molecular complexity index is 390. The van der Waals surface area contributed by atoms with E-state index in [9.17, 15) is 4.79 Å². The lowest BCUT2D eigenvalue weighted by molar-refractivity contribution is -0.131.